The molecule has 0 spiro atoms. The molecule has 2 aromatic carbocycles. The predicted octanol–water partition coefficient (Wildman–Crippen LogP) is 3.85. The molecular weight excluding hydrogens is 302 g/mol. The number of amides is 1. The predicted molar refractivity (Wildman–Crippen MR) is 88.1 cm³/mol. The van der Waals surface area contributed by atoms with Crippen molar-refractivity contribution in [3.8, 4) is 11.5 Å². The molecule has 0 radical (unpaired) electrons. The first-order valence-electron chi connectivity index (χ1n) is 6.80. The second-order valence-electron chi connectivity index (χ2n) is 4.89. The van der Waals surface area contributed by atoms with Crippen LogP contribution in [-0.4, -0.2) is 20.1 Å². The van der Waals surface area contributed by atoms with Crippen LogP contribution in [0.15, 0.2) is 36.4 Å². The van der Waals surface area contributed by atoms with Gasteiger partial charge in [0.15, 0.2) is 0 Å². The number of halogens is 1. The molecule has 1 N–H and O–H groups in total. The molecule has 0 aromatic heterocycles. The van der Waals surface area contributed by atoms with Gasteiger partial charge >= 0.3 is 0 Å². The number of nitrogens with one attached hydrogen (secondary N) is 1. The summed E-state index contributed by atoms with van der Waals surface area (Å²) in [4.78, 5) is 12.2. The molecule has 0 aliphatic carbocycles. The smallest absolute Gasteiger partial charge is 0.228 e. The van der Waals surface area contributed by atoms with Crippen molar-refractivity contribution >= 4 is 23.2 Å². The number of hydrogen-bond donors (Lipinski definition) is 1. The molecule has 0 aliphatic rings. The average Bonchev–Trinajstić information content (AvgIpc) is 2.47. The van der Waals surface area contributed by atoms with Gasteiger partial charge in [-0.15, -0.1) is 0 Å². The Hall–Kier alpha value is -2.20. The van der Waals surface area contributed by atoms with E-state index in [2.05, 4.69) is 5.32 Å². The van der Waals surface area contributed by atoms with Crippen LogP contribution in [0.4, 0.5) is 5.69 Å². The Morgan fingerprint density at radius 2 is 1.77 bits per heavy atom. The van der Waals surface area contributed by atoms with Gasteiger partial charge in [0.2, 0.25) is 5.91 Å². The third-order valence-electron chi connectivity index (χ3n) is 3.22. The largest absolute Gasteiger partial charge is 0.496 e. The lowest BCUT2D eigenvalue weighted by Crippen LogP contribution is -2.15. The van der Waals surface area contributed by atoms with E-state index in [9.17, 15) is 4.79 Å². The molecule has 5 heteroatoms. The summed E-state index contributed by atoms with van der Waals surface area (Å²) in [6, 6.07) is 10.9. The summed E-state index contributed by atoms with van der Waals surface area (Å²) in [5, 5.41) is 3.27. The average molecular weight is 320 g/mol. The van der Waals surface area contributed by atoms with Crippen molar-refractivity contribution in [1.29, 1.82) is 0 Å². The zero-order valence-corrected chi connectivity index (χ0v) is 13.5. The number of ether oxygens (including phenoxy) is 2. The van der Waals surface area contributed by atoms with E-state index in [1.165, 1.54) is 0 Å². The van der Waals surface area contributed by atoms with E-state index in [1.807, 2.05) is 25.1 Å². The molecule has 0 heterocycles. The van der Waals surface area contributed by atoms with E-state index >= 15 is 0 Å². The fraction of sp³-hybridized carbons (Fsp3) is 0.235. The molecule has 0 aliphatic heterocycles. The quantitative estimate of drug-likeness (QED) is 0.910. The van der Waals surface area contributed by atoms with Crippen LogP contribution < -0.4 is 14.8 Å². The summed E-state index contributed by atoms with van der Waals surface area (Å²) in [7, 11) is 3.14. The summed E-state index contributed by atoms with van der Waals surface area (Å²) >= 11 is 6.05. The maximum atomic E-state index is 12.2. The second-order valence-corrected chi connectivity index (χ2v) is 5.30. The summed E-state index contributed by atoms with van der Waals surface area (Å²) in [5.41, 5.74) is 2.55. The number of anilines is 1. The standard InChI is InChI=1S/C17H18ClNO3/c1-11-4-6-15(21-2)12(8-11)9-17(20)19-13-5-7-16(22-3)14(18)10-13/h4-8,10H,9H2,1-3H3,(H,19,20). The van der Waals surface area contributed by atoms with Gasteiger partial charge in [0, 0.05) is 11.3 Å². The Labute approximate surface area is 135 Å². The normalized spacial score (nSPS) is 10.2. The van der Waals surface area contributed by atoms with Crippen molar-refractivity contribution in [2.45, 2.75) is 13.3 Å². The number of carbonyl (C=O) groups excluding carboxylic acids is 1. The number of hydrogen-bond acceptors (Lipinski definition) is 3. The van der Waals surface area contributed by atoms with Gasteiger partial charge in [-0.25, -0.2) is 0 Å². The van der Waals surface area contributed by atoms with Crippen molar-refractivity contribution < 1.29 is 14.3 Å². The maximum Gasteiger partial charge on any atom is 0.228 e. The first-order chi connectivity index (χ1) is 10.5. The molecule has 0 atom stereocenters. The highest BCUT2D eigenvalue weighted by Gasteiger charge is 2.10. The number of methoxy groups -OCH3 is 2. The van der Waals surface area contributed by atoms with Gasteiger partial charge in [0.1, 0.15) is 11.5 Å². The Morgan fingerprint density at radius 1 is 1.09 bits per heavy atom. The van der Waals surface area contributed by atoms with Gasteiger partial charge in [-0.2, -0.15) is 0 Å². The van der Waals surface area contributed by atoms with Crippen LogP contribution >= 0.6 is 11.6 Å². The highest BCUT2D eigenvalue weighted by Crippen LogP contribution is 2.27. The Morgan fingerprint density at radius 3 is 2.41 bits per heavy atom. The van der Waals surface area contributed by atoms with Gasteiger partial charge in [-0.1, -0.05) is 29.3 Å². The van der Waals surface area contributed by atoms with Gasteiger partial charge in [0.25, 0.3) is 0 Å². The van der Waals surface area contributed by atoms with Crippen molar-refractivity contribution in [1.82, 2.24) is 0 Å². The van der Waals surface area contributed by atoms with E-state index in [0.717, 1.165) is 11.1 Å². The molecule has 2 aromatic rings. The van der Waals surface area contributed by atoms with Crippen molar-refractivity contribution in [2.75, 3.05) is 19.5 Å². The topological polar surface area (TPSA) is 47.6 Å². The maximum absolute atomic E-state index is 12.2. The first kappa shape index (κ1) is 16.2. The summed E-state index contributed by atoms with van der Waals surface area (Å²) in [5.74, 6) is 1.14. The first-order valence-corrected chi connectivity index (χ1v) is 7.18. The molecule has 1 amide bonds. The fourth-order valence-corrected chi connectivity index (χ4v) is 2.43. The van der Waals surface area contributed by atoms with Crippen molar-refractivity contribution in [3.05, 3.63) is 52.5 Å². The molecule has 4 nitrogen and oxygen atoms in total. The number of benzene rings is 2. The van der Waals surface area contributed by atoms with E-state index in [4.69, 9.17) is 21.1 Å². The molecule has 2 rings (SSSR count). The second kappa shape index (κ2) is 7.18. The molecule has 0 fully saturated rings. The van der Waals surface area contributed by atoms with E-state index in [0.29, 0.717) is 22.2 Å². The molecule has 0 unspecified atom stereocenters. The third-order valence-corrected chi connectivity index (χ3v) is 3.52. The molecule has 0 saturated heterocycles. The van der Waals surface area contributed by atoms with E-state index in [-0.39, 0.29) is 12.3 Å². The lowest BCUT2D eigenvalue weighted by Gasteiger charge is -2.11. The Kier molecular flexibility index (Phi) is 5.28. The Bertz CT molecular complexity index is 686. The lowest BCUT2D eigenvalue weighted by atomic mass is 10.1. The van der Waals surface area contributed by atoms with Gasteiger partial charge in [0.05, 0.1) is 25.7 Å². The summed E-state index contributed by atoms with van der Waals surface area (Å²) < 4.78 is 10.4. The minimum Gasteiger partial charge on any atom is -0.496 e. The monoisotopic (exact) mass is 319 g/mol. The van der Waals surface area contributed by atoms with Crippen LogP contribution in [0.5, 0.6) is 11.5 Å². The van der Waals surface area contributed by atoms with E-state index < -0.39 is 0 Å². The van der Waals surface area contributed by atoms with Gasteiger partial charge in [-0.05, 0) is 31.2 Å². The summed E-state index contributed by atoms with van der Waals surface area (Å²) in [6.45, 7) is 1.98. The SMILES string of the molecule is COc1ccc(NC(=O)Cc2cc(C)ccc2OC)cc1Cl. The highest BCUT2D eigenvalue weighted by atomic mass is 35.5. The fourth-order valence-electron chi connectivity index (χ4n) is 2.17. The highest BCUT2D eigenvalue weighted by molar-refractivity contribution is 6.32. The minimum absolute atomic E-state index is 0.134. The molecule has 0 bridgehead atoms. The number of aryl methyl sites for hydroxylation is 1. The van der Waals surface area contributed by atoms with Crippen molar-refractivity contribution in [3.63, 3.8) is 0 Å². The van der Waals surface area contributed by atoms with Crippen LogP contribution in [0.25, 0.3) is 0 Å². The molecular formula is C17H18ClNO3. The number of rotatable bonds is 5. The Balaban J connectivity index is 2.10. The zero-order valence-electron chi connectivity index (χ0n) is 12.8. The lowest BCUT2D eigenvalue weighted by molar-refractivity contribution is -0.115. The van der Waals surface area contributed by atoms with Crippen LogP contribution in [0.2, 0.25) is 5.02 Å². The van der Waals surface area contributed by atoms with Gasteiger partial charge in [-0.3, -0.25) is 4.79 Å². The van der Waals surface area contributed by atoms with Crippen LogP contribution in [0.3, 0.4) is 0 Å². The van der Waals surface area contributed by atoms with Gasteiger partial charge < -0.3 is 14.8 Å². The number of carbonyl (C=O) groups is 1. The van der Waals surface area contributed by atoms with Crippen molar-refractivity contribution in [2.24, 2.45) is 0 Å². The third kappa shape index (κ3) is 3.92. The summed E-state index contributed by atoms with van der Waals surface area (Å²) in [6.07, 6.45) is 0.231. The minimum atomic E-state index is -0.134. The van der Waals surface area contributed by atoms with Crippen LogP contribution in [0.1, 0.15) is 11.1 Å². The van der Waals surface area contributed by atoms with Crippen LogP contribution in [0, 0.1) is 6.92 Å². The van der Waals surface area contributed by atoms with E-state index in [1.54, 1.807) is 32.4 Å². The van der Waals surface area contributed by atoms with Crippen LogP contribution in [-0.2, 0) is 11.2 Å². The zero-order chi connectivity index (χ0) is 16.1. The molecule has 0 saturated carbocycles. The molecule has 116 valence electrons. The molecule has 22 heavy (non-hydrogen) atoms.